The third-order valence-electron chi connectivity index (χ3n) is 5.78. The zero-order valence-corrected chi connectivity index (χ0v) is 18.0. The number of hydrogen-bond donors (Lipinski definition) is 0. The molecule has 0 saturated carbocycles. The van der Waals surface area contributed by atoms with Crippen molar-refractivity contribution in [2.75, 3.05) is 26.7 Å². The van der Waals surface area contributed by atoms with E-state index in [0.717, 1.165) is 48.8 Å². The highest BCUT2D eigenvalue weighted by atomic mass is 35.5. The van der Waals surface area contributed by atoms with Crippen LogP contribution in [0.3, 0.4) is 0 Å². The number of benzene rings is 3. The number of nitrogens with zero attached hydrogens (tertiary/aromatic N) is 1. The van der Waals surface area contributed by atoms with Gasteiger partial charge in [-0.25, -0.2) is 0 Å². The van der Waals surface area contributed by atoms with Gasteiger partial charge < -0.3 is 4.74 Å². The van der Waals surface area contributed by atoms with Crippen molar-refractivity contribution in [3.8, 4) is 5.75 Å². The molecule has 1 aliphatic heterocycles. The molecule has 0 atom stereocenters. The molecule has 0 spiro atoms. The molecule has 1 aliphatic rings. The van der Waals surface area contributed by atoms with Crippen LogP contribution in [-0.2, 0) is 6.42 Å². The minimum absolute atomic E-state index is 0.169. The van der Waals surface area contributed by atoms with Gasteiger partial charge in [-0.1, -0.05) is 71.8 Å². The molecule has 0 aliphatic carbocycles. The first-order chi connectivity index (χ1) is 14.6. The van der Waals surface area contributed by atoms with Gasteiger partial charge in [0.25, 0.3) is 0 Å². The number of ketones is 1. The van der Waals surface area contributed by atoms with Gasteiger partial charge in [0.15, 0.2) is 5.78 Å². The molecule has 4 rings (SSSR count). The Morgan fingerprint density at radius 1 is 1.10 bits per heavy atom. The summed E-state index contributed by atoms with van der Waals surface area (Å²) >= 11 is 6.38. The molecule has 154 valence electrons. The average molecular weight is 420 g/mol. The predicted molar refractivity (Wildman–Crippen MR) is 124 cm³/mol. The fourth-order valence-corrected chi connectivity index (χ4v) is 4.29. The van der Waals surface area contributed by atoms with Crippen molar-refractivity contribution >= 4 is 28.2 Å². The van der Waals surface area contributed by atoms with E-state index >= 15 is 0 Å². The number of fused-ring (bicyclic) bond motifs is 1. The minimum atomic E-state index is 0.169. The van der Waals surface area contributed by atoms with Gasteiger partial charge in [0.05, 0.1) is 12.1 Å². The fraction of sp³-hybridized carbons (Fsp3) is 0.269. The Morgan fingerprint density at radius 3 is 2.67 bits per heavy atom. The van der Waals surface area contributed by atoms with E-state index in [1.165, 1.54) is 11.1 Å². The van der Waals surface area contributed by atoms with E-state index in [1.807, 2.05) is 30.3 Å². The molecule has 0 fully saturated rings. The van der Waals surface area contributed by atoms with Crippen molar-refractivity contribution in [1.82, 2.24) is 4.90 Å². The van der Waals surface area contributed by atoms with E-state index in [0.29, 0.717) is 17.2 Å². The van der Waals surface area contributed by atoms with E-state index < -0.39 is 0 Å². The molecule has 0 amide bonds. The maximum Gasteiger partial charge on any atom is 0.164 e. The lowest BCUT2D eigenvalue weighted by molar-refractivity contribution is 0.0966. The van der Waals surface area contributed by atoms with Crippen LogP contribution in [0.2, 0.25) is 5.02 Å². The van der Waals surface area contributed by atoms with Crippen LogP contribution in [0.5, 0.6) is 5.75 Å². The van der Waals surface area contributed by atoms with E-state index in [4.69, 9.17) is 16.3 Å². The number of carbonyl (C=O) groups is 1. The second-order valence-corrected chi connectivity index (χ2v) is 8.14. The zero-order chi connectivity index (χ0) is 20.9. The Hall–Kier alpha value is -2.62. The van der Waals surface area contributed by atoms with Gasteiger partial charge in [0, 0.05) is 37.0 Å². The topological polar surface area (TPSA) is 29.5 Å². The molecule has 0 N–H and O–H groups in total. The summed E-state index contributed by atoms with van der Waals surface area (Å²) in [5.41, 5.74) is 3.59. The zero-order valence-electron chi connectivity index (χ0n) is 17.2. The largest absolute Gasteiger partial charge is 0.495 e. The number of halogens is 1. The van der Waals surface area contributed by atoms with E-state index in [-0.39, 0.29) is 5.78 Å². The average Bonchev–Trinajstić information content (AvgIpc) is 2.79. The number of carbonyl (C=O) groups excluding carboxylic acids is 1. The molecule has 1 heterocycles. The minimum Gasteiger partial charge on any atom is -0.495 e. The Kier molecular flexibility index (Phi) is 6.51. The van der Waals surface area contributed by atoms with Crippen LogP contribution in [0.25, 0.3) is 10.8 Å². The Balaban J connectivity index is 1.34. The monoisotopic (exact) mass is 419 g/mol. The summed E-state index contributed by atoms with van der Waals surface area (Å²) < 4.78 is 5.27. The Labute approximate surface area is 182 Å². The van der Waals surface area contributed by atoms with E-state index in [2.05, 4.69) is 41.3 Å². The first-order valence-electron chi connectivity index (χ1n) is 10.4. The quantitative estimate of drug-likeness (QED) is 0.350. The molecule has 4 heteroatoms. The maximum absolute atomic E-state index is 12.7. The fourth-order valence-electron chi connectivity index (χ4n) is 3.98. The van der Waals surface area contributed by atoms with Crippen LogP contribution >= 0.6 is 11.6 Å². The van der Waals surface area contributed by atoms with Crippen LogP contribution in [0.4, 0.5) is 0 Å². The lowest BCUT2D eigenvalue weighted by atomic mass is 9.99. The van der Waals surface area contributed by atoms with Gasteiger partial charge in [0.2, 0.25) is 0 Å². The number of Topliss-reactive ketones (excluding diaryl/α,β-unsaturated/α-hetero) is 1. The highest BCUT2D eigenvalue weighted by Crippen LogP contribution is 2.33. The molecule has 0 radical (unpaired) electrons. The Morgan fingerprint density at radius 2 is 1.93 bits per heavy atom. The van der Waals surface area contributed by atoms with Gasteiger partial charge in [-0.2, -0.15) is 0 Å². The highest BCUT2D eigenvalue weighted by molar-refractivity contribution is 6.37. The normalized spacial score (nSPS) is 14.5. The lowest BCUT2D eigenvalue weighted by Gasteiger charge is -2.26. The second-order valence-electron chi connectivity index (χ2n) is 7.77. The van der Waals surface area contributed by atoms with Crippen LogP contribution in [0, 0.1) is 0 Å². The van der Waals surface area contributed by atoms with Gasteiger partial charge in [-0.3, -0.25) is 9.69 Å². The van der Waals surface area contributed by atoms with Crippen molar-refractivity contribution in [2.24, 2.45) is 0 Å². The molecule has 30 heavy (non-hydrogen) atoms. The second kappa shape index (κ2) is 9.46. The maximum atomic E-state index is 12.7. The number of hydrogen-bond acceptors (Lipinski definition) is 3. The van der Waals surface area contributed by atoms with Crippen molar-refractivity contribution in [3.63, 3.8) is 0 Å². The summed E-state index contributed by atoms with van der Waals surface area (Å²) in [6.45, 7) is 2.72. The molecule has 0 unspecified atom stereocenters. The summed E-state index contributed by atoms with van der Waals surface area (Å²) in [5, 5.41) is 2.44. The van der Waals surface area contributed by atoms with Crippen molar-refractivity contribution in [2.45, 2.75) is 19.3 Å². The SMILES string of the molecule is COc1ccc2cc(C(=O)CCN3CC=C(Cc4ccccc4)CC3)ccc2c1Cl. The third-order valence-corrected chi connectivity index (χ3v) is 6.17. The standard InChI is InChI=1S/C26H26ClNO2/c1-30-25-10-8-21-18-22(7-9-23(21)26(25)27)24(29)13-16-28-14-11-20(12-15-28)17-19-5-3-2-4-6-19/h2-11,18H,12-17H2,1H3. The molecular weight excluding hydrogens is 394 g/mol. The Bertz CT molecular complexity index is 1080. The molecule has 3 aromatic rings. The van der Waals surface area contributed by atoms with Crippen molar-refractivity contribution in [1.29, 1.82) is 0 Å². The van der Waals surface area contributed by atoms with Crippen molar-refractivity contribution < 1.29 is 9.53 Å². The van der Waals surface area contributed by atoms with Gasteiger partial charge in [-0.05, 0) is 35.9 Å². The third kappa shape index (κ3) is 4.75. The highest BCUT2D eigenvalue weighted by Gasteiger charge is 2.15. The smallest absolute Gasteiger partial charge is 0.164 e. The van der Waals surface area contributed by atoms with Crippen LogP contribution in [0.15, 0.2) is 72.3 Å². The first-order valence-corrected chi connectivity index (χ1v) is 10.8. The van der Waals surface area contributed by atoms with E-state index in [9.17, 15) is 4.79 Å². The summed E-state index contributed by atoms with van der Waals surface area (Å²) in [5.74, 6) is 0.816. The predicted octanol–water partition coefficient (Wildman–Crippen LogP) is 5.95. The van der Waals surface area contributed by atoms with Gasteiger partial charge >= 0.3 is 0 Å². The van der Waals surface area contributed by atoms with Crippen LogP contribution in [0.1, 0.15) is 28.8 Å². The molecule has 0 bridgehead atoms. The summed E-state index contributed by atoms with van der Waals surface area (Å²) in [6.07, 6.45) is 4.95. The molecule has 3 aromatic carbocycles. The van der Waals surface area contributed by atoms with Crippen LogP contribution < -0.4 is 4.74 Å². The van der Waals surface area contributed by atoms with Crippen molar-refractivity contribution in [3.05, 3.63) is 88.5 Å². The van der Waals surface area contributed by atoms with Gasteiger partial charge in [-0.15, -0.1) is 0 Å². The van der Waals surface area contributed by atoms with Crippen LogP contribution in [-0.4, -0.2) is 37.4 Å². The molecule has 0 aromatic heterocycles. The lowest BCUT2D eigenvalue weighted by Crippen LogP contribution is -2.31. The molecular formula is C26H26ClNO2. The number of methoxy groups -OCH3 is 1. The number of ether oxygens (including phenoxy) is 1. The van der Waals surface area contributed by atoms with E-state index in [1.54, 1.807) is 7.11 Å². The summed E-state index contributed by atoms with van der Waals surface area (Å²) in [7, 11) is 1.60. The molecule has 0 saturated heterocycles. The first kappa shape index (κ1) is 20.6. The number of rotatable bonds is 7. The molecule has 3 nitrogen and oxygen atoms in total. The summed E-state index contributed by atoms with van der Waals surface area (Å²) in [6, 6.07) is 20.1. The summed E-state index contributed by atoms with van der Waals surface area (Å²) in [4.78, 5) is 15.1. The van der Waals surface area contributed by atoms with Gasteiger partial charge in [0.1, 0.15) is 5.75 Å².